The van der Waals surface area contributed by atoms with Gasteiger partial charge in [0.25, 0.3) is 0 Å². The molecule has 6 bridgehead atoms. The molecule has 0 saturated heterocycles. The van der Waals surface area contributed by atoms with Gasteiger partial charge in [-0.3, -0.25) is 0 Å². The summed E-state index contributed by atoms with van der Waals surface area (Å²) in [5.74, 6) is 4.36. The third-order valence-corrected chi connectivity index (χ3v) is 14.5. The second-order valence-corrected chi connectivity index (χ2v) is 16.9. The average Bonchev–Trinajstić information content (AvgIpc) is 3.69. The van der Waals surface area contributed by atoms with Gasteiger partial charge in [-0.15, -0.1) is 0 Å². The molecule has 0 aliphatic heterocycles. The maximum atomic E-state index is 2.56. The first-order chi connectivity index (χ1) is 24.5. The molecule has 242 valence electrons. The van der Waals surface area contributed by atoms with Gasteiger partial charge in [0.15, 0.2) is 0 Å². The molecule has 50 heavy (non-hydrogen) atoms. The van der Waals surface area contributed by atoms with Gasteiger partial charge in [-0.2, -0.15) is 0 Å². The van der Waals surface area contributed by atoms with E-state index in [9.17, 15) is 0 Å². The maximum absolute atomic E-state index is 2.56. The van der Waals surface area contributed by atoms with Crippen LogP contribution in [-0.2, 0) is 10.8 Å². The molecule has 0 N–H and O–H groups in total. The number of rotatable bonds is 4. The summed E-state index contributed by atoms with van der Waals surface area (Å²) < 4.78 is 0. The van der Waals surface area contributed by atoms with E-state index >= 15 is 0 Å². The minimum atomic E-state index is -0.0439. The van der Waals surface area contributed by atoms with E-state index in [4.69, 9.17) is 0 Å². The lowest BCUT2D eigenvalue weighted by Gasteiger charge is -2.60. The van der Waals surface area contributed by atoms with E-state index in [1.165, 1.54) is 81.7 Å². The van der Waals surface area contributed by atoms with Gasteiger partial charge in [0.2, 0.25) is 0 Å². The number of fused-ring (bicyclic) bond motifs is 5. The Morgan fingerprint density at radius 2 is 1.26 bits per heavy atom. The first kappa shape index (κ1) is 27.9. The molecule has 6 aromatic carbocycles. The Labute approximate surface area is 295 Å². The minimum absolute atomic E-state index is 0.0439. The Morgan fingerprint density at radius 3 is 2.14 bits per heavy atom. The van der Waals surface area contributed by atoms with Crippen LogP contribution < -0.4 is 4.90 Å². The topological polar surface area (TPSA) is 3.24 Å². The summed E-state index contributed by atoms with van der Waals surface area (Å²) in [5.41, 5.74) is 20.1. The van der Waals surface area contributed by atoms with E-state index in [1.54, 1.807) is 22.3 Å². The highest BCUT2D eigenvalue weighted by Gasteiger charge is 2.69. The molecule has 7 aliphatic carbocycles. The van der Waals surface area contributed by atoms with Gasteiger partial charge in [-0.1, -0.05) is 105 Å². The van der Waals surface area contributed by atoms with Crippen LogP contribution in [0.1, 0.15) is 73.3 Å². The fourth-order valence-electron chi connectivity index (χ4n) is 12.9. The summed E-state index contributed by atoms with van der Waals surface area (Å²) in [6, 6.07) is 51.0. The molecule has 4 fully saturated rings. The van der Waals surface area contributed by atoms with Crippen LogP contribution in [0.25, 0.3) is 33.4 Å². The summed E-state index contributed by atoms with van der Waals surface area (Å²) in [5, 5.41) is 0. The summed E-state index contributed by atoms with van der Waals surface area (Å²) >= 11 is 0. The number of hydrogen-bond acceptors (Lipinski definition) is 1. The average molecular weight is 644 g/mol. The van der Waals surface area contributed by atoms with Gasteiger partial charge < -0.3 is 4.90 Å². The highest BCUT2D eigenvalue weighted by molar-refractivity contribution is 5.89. The van der Waals surface area contributed by atoms with Crippen molar-refractivity contribution in [3.05, 3.63) is 161 Å². The van der Waals surface area contributed by atoms with Crippen LogP contribution >= 0.6 is 0 Å². The predicted molar refractivity (Wildman–Crippen MR) is 206 cm³/mol. The number of anilines is 3. The summed E-state index contributed by atoms with van der Waals surface area (Å²) in [6.07, 6.45) is 5.82. The third kappa shape index (κ3) is 3.31. The number of benzene rings is 6. The number of hydrogen-bond donors (Lipinski definition) is 0. The Bertz CT molecular complexity index is 2400. The van der Waals surface area contributed by atoms with Crippen LogP contribution in [-0.4, -0.2) is 0 Å². The van der Waals surface area contributed by atoms with E-state index in [2.05, 4.69) is 152 Å². The smallest absolute Gasteiger partial charge is 0.0465 e. The van der Waals surface area contributed by atoms with Crippen LogP contribution in [0.3, 0.4) is 0 Å². The second-order valence-electron chi connectivity index (χ2n) is 16.9. The molecule has 6 aromatic rings. The van der Waals surface area contributed by atoms with Crippen LogP contribution in [0.15, 0.2) is 133 Å². The van der Waals surface area contributed by atoms with Crippen molar-refractivity contribution in [1.29, 1.82) is 0 Å². The van der Waals surface area contributed by atoms with Crippen LogP contribution in [0, 0.1) is 23.7 Å². The molecule has 0 heterocycles. The van der Waals surface area contributed by atoms with E-state index in [-0.39, 0.29) is 10.8 Å². The van der Waals surface area contributed by atoms with Crippen molar-refractivity contribution < 1.29 is 0 Å². The van der Waals surface area contributed by atoms with Crippen molar-refractivity contribution in [2.24, 2.45) is 23.7 Å². The normalized spacial score (nSPS) is 27.5. The molecule has 13 rings (SSSR count). The van der Waals surface area contributed by atoms with E-state index < -0.39 is 0 Å². The fourth-order valence-corrected chi connectivity index (χ4v) is 12.9. The van der Waals surface area contributed by atoms with Gasteiger partial charge in [0.05, 0.1) is 0 Å². The van der Waals surface area contributed by atoms with Gasteiger partial charge in [0, 0.05) is 27.9 Å². The van der Waals surface area contributed by atoms with Crippen molar-refractivity contribution in [3.8, 4) is 33.4 Å². The van der Waals surface area contributed by atoms with Crippen molar-refractivity contribution in [1.82, 2.24) is 0 Å². The first-order valence-corrected chi connectivity index (χ1v) is 19.0. The van der Waals surface area contributed by atoms with Crippen LogP contribution in [0.5, 0.6) is 0 Å². The molecule has 1 spiro atoms. The van der Waals surface area contributed by atoms with E-state index in [0.29, 0.717) is 0 Å². The number of para-hydroxylation sites is 1. The van der Waals surface area contributed by atoms with E-state index in [1.807, 2.05) is 0 Å². The zero-order chi connectivity index (χ0) is 32.9. The minimum Gasteiger partial charge on any atom is -0.310 e. The predicted octanol–water partition coefficient (Wildman–Crippen LogP) is 12.6. The van der Waals surface area contributed by atoms with Crippen molar-refractivity contribution in [2.75, 3.05) is 4.90 Å². The fraction of sp³-hybridized carbons (Fsp3) is 0.265. The molecule has 0 amide bonds. The summed E-state index contributed by atoms with van der Waals surface area (Å²) in [6.45, 7) is 4.73. The van der Waals surface area contributed by atoms with Crippen molar-refractivity contribution in [3.63, 3.8) is 0 Å². The molecule has 0 aromatic heterocycles. The Hall–Kier alpha value is -4.88. The lowest BCUT2D eigenvalue weighted by atomic mass is 9.43. The van der Waals surface area contributed by atoms with Crippen LogP contribution in [0.2, 0.25) is 0 Å². The monoisotopic (exact) mass is 643 g/mol. The first-order valence-electron chi connectivity index (χ1n) is 19.0. The Morgan fingerprint density at radius 1 is 0.520 bits per heavy atom. The highest BCUT2D eigenvalue weighted by atomic mass is 15.1. The quantitative estimate of drug-likeness (QED) is 0.185. The van der Waals surface area contributed by atoms with E-state index in [0.717, 1.165) is 29.6 Å². The molecular weight excluding hydrogens is 603 g/mol. The lowest BCUT2D eigenvalue weighted by molar-refractivity contribution is -0.0431. The number of nitrogens with zero attached hydrogens (tertiary/aromatic N) is 1. The Balaban J connectivity index is 0.945. The molecular formula is C49H41N. The van der Waals surface area contributed by atoms with Crippen molar-refractivity contribution >= 4 is 17.1 Å². The molecule has 4 saturated carbocycles. The largest absolute Gasteiger partial charge is 0.310 e. The molecule has 7 aliphatic rings. The molecule has 1 heteroatoms. The van der Waals surface area contributed by atoms with Gasteiger partial charge in [-0.05, 0) is 159 Å². The summed E-state index contributed by atoms with van der Waals surface area (Å²) in [7, 11) is 0. The van der Waals surface area contributed by atoms with Gasteiger partial charge >= 0.3 is 0 Å². The van der Waals surface area contributed by atoms with Crippen LogP contribution in [0.4, 0.5) is 17.1 Å². The second kappa shape index (κ2) is 9.46. The maximum Gasteiger partial charge on any atom is 0.0465 e. The highest BCUT2D eigenvalue weighted by Crippen LogP contribution is 2.77. The van der Waals surface area contributed by atoms with Crippen molar-refractivity contribution in [2.45, 2.75) is 56.3 Å². The molecule has 6 unspecified atom stereocenters. The zero-order valence-electron chi connectivity index (χ0n) is 28.9. The lowest BCUT2D eigenvalue weighted by Crippen LogP contribution is -2.54. The standard InChI is InChI=1S/C49H41N/c1-48(2)42-14-7-6-11-37(42)38-21-20-36(28-44(38)48)50(34-9-4-3-5-10-34)35-18-15-30(16-19-35)31-17-22-43-41(27-31)39-12-8-13-40-46-32-23-29-24-33(26-32)49(43,47(39)40)45(46)25-29/h3-22,27-29,32-33,45-46H,23-26H2,1-2H3. The SMILES string of the molecule is CC1(C)c2ccccc2-c2ccc(N(c3ccccc3)c3ccc(-c4ccc5c(c4)-c4cccc6c4C54C5CC7CC(C5)C6C4C7)cc3)cc21. The molecule has 6 atom stereocenters. The van der Waals surface area contributed by atoms with Gasteiger partial charge in [-0.25, -0.2) is 0 Å². The molecule has 0 radical (unpaired) electrons. The summed E-state index contributed by atoms with van der Waals surface area (Å²) in [4.78, 5) is 2.42. The van der Waals surface area contributed by atoms with Gasteiger partial charge in [0.1, 0.15) is 0 Å². The zero-order valence-corrected chi connectivity index (χ0v) is 28.9. The third-order valence-electron chi connectivity index (χ3n) is 14.5. The Kier molecular flexibility index (Phi) is 5.28. The molecule has 1 nitrogen and oxygen atoms in total.